The summed E-state index contributed by atoms with van der Waals surface area (Å²) < 4.78 is 7.64. The molecule has 0 bridgehead atoms. The zero-order valence-corrected chi connectivity index (χ0v) is 39.9. The number of ether oxygens (including phenoxy) is 1. The molecule has 0 amide bonds. The summed E-state index contributed by atoms with van der Waals surface area (Å²) in [4.78, 5) is 3.41. The molecule has 3 heterocycles. The molecule has 0 aromatic carbocycles. The van der Waals surface area contributed by atoms with Gasteiger partial charge < -0.3 is 4.74 Å². The summed E-state index contributed by atoms with van der Waals surface area (Å²) in [7, 11) is 0. The van der Waals surface area contributed by atoms with E-state index in [1.54, 1.807) is 116 Å². The van der Waals surface area contributed by atoms with Crippen molar-refractivity contribution in [3.63, 3.8) is 0 Å². The van der Waals surface area contributed by atoms with E-state index in [9.17, 15) is 0 Å². The Kier molecular flexibility index (Phi) is 11.8. The third-order valence-corrected chi connectivity index (χ3v) is 27.0. The summed E-state index contributed by atoms with van der Waals surface area (Å²) >= 11 is 4.99. The second-order valence-corrected chi connectivity index (χ2v) is 28.4. The number of nitrogens with zero attached hydrogens (tertiary/aromatic N) is 1. The minimum atomic E-state index is 0.624. The molecule has 3 saturated heterocycles. The highest BCUT2D eigenvalue weighted by Crippen LogP contribution is 2.63. The summed E-state index contributed by atoms with van der Waals surface area (Å²) in [5.74, 6) is 14.3. The normalized spacial score (nSPS) is 56.2. The Balaban J connectivity index is 0.704. The van der Waals surface area contributed by atoms with E-state index in [4.69, 9.17) is 4.74 Å². The van der Waals surface area contributed by atoms with Gasteiger partial charge in [-0.15, -0.1) is 0 Å². The van der Waals surface area contributed by atoms with Crippen LogP contribution < -0.4 is 0 Å². The summed E-state index contributed by atoms with van der Waals surface area (Å²) in [6, 6.07) is 2.67. The van der Waals surface area contributed by atoms with E-state index in [0.29, 0.717) is 12.2 Å². The van der Waals surface area contributed by atoms with Crippen LogP contribution in [0.25, 0.3) is 0 Å². The molecule has 3 aliphatic heterocycles. The second-order valence-electron chi connectivity index (χ2n) is 25.4. The predicted molar refractivity (Wildman–Crippen MR) is 253 cm³/mol. The average molecular weight is 856 g/mol. The van der Waals surface area contributed by atoms with Gasteiger partial charge in [0.05, 0.1) is 12.2 Å². The van der Waals surface area contributed by atoms with Crippen LogP contribution in [0.5, 0.6) is 0 Å². The van der Waals surface area contributed by atoms with Crippen LogP contribution >= 0.6 is 23.5 Å². The molecule has 0 radical (unpaired) electrons. The summed E-state index contributed by atoms with van der Waals surface area (Å²) in [5, 5.41) is 3.94. The van der Waals surface area contributed by atoms with E-state index >= 15 is 0 Å². The first kappa shape index (κ1) is 40.9. The minimum Gasteiger partial charge on any atom is -0.374 e. The molecule has 13 rings (SSSR count). The first-order valence-corrected chi connectivity index (χ1v) is 30.4. The molecular formula is C56H89NOS2. The standard InChI is InChI=1S/C56H89NOS2/c1-2-11-40-36(10-1)32-49(43-13-4-3-12-42(40)43)35-22-26-38(27-23-35)57(39-28-29-45-44-14-5-7-18-50(44)60-53(45)33-39)37-24-20-34(21-25-37)41-16-9-17-46-47-30-31-52-54(56(47)58-55(41)46)48-15-6-8-19-51(48)59-52/h34-56H,1-33H2. The molecule has 0 spiro atoms. The monoisotopic (exact) mass is 856 g/mol. The first-order valence-electron chi connectivity index (χ1n) is 28.5. The van der Waals surface area contributed by atoms with E-state index in [2.05, 4.69) is 28.4 Å². The lowest BCUT2D eigenvalue weighted by Gasteiger charge is -2.55. The third kappa shape index (κ3) is 7.18. The predicted octanol–water partition coefficient (Wildman–Crippen LogP) is 14.8. The molecule has 0 aromatic rings. The van der Waals surface area contributed by atoms with Crippen LogP contribution in [0.3, 0.4) is 0 Å². The van der Waals surface area contributed by atoms with Crippen molar-refractivity contribution in [3.8, 4) is 0 Å². The lowest BCUT2D eigenvalue weighted by atomic mass is 9.51. The van der Waals surface area contributed by atoms with Gasteiger partial charge in [0.15, 0.2) is 0 Å². The van der Waals surface area contributed by atoms with Gasteiger partial charge in [-0.25, -0.2) is 0 Å². The molecule has 13 fully saturated rings. The Bertz CT molecular complexity index is 1470. The molecule has 19 unspecified atom stereocenters. The van der Waals surface area contributed by atoms with Crippen LogP contribution in [0.4, 0.5) is 0 Å². The molecule has 13 aliphatic rings. The molecule has 60 heavy (non-hydrogen) atoms. The zero-order chi connectivity index (χ0) is 39.3. The van der Waals surface area contributed by atoms with Crippen molar-refractivity contribution < 1.29 is 4.74 Å². The van der Waals surface area contributed by atoms with E-state index in [0.717, 1.165) is 122 Å². The van der Waals surface area contributed by atoms with Crippen LogP contribution in [0.15, 0.2) is 0 Å². The van der Waals surface area contributed by atoms with Crippen molar-refractivity contribution in [1.29, 1.82) is 0 Å². The topological polar surface area (TPSA) is 12.5 Å². The SMILES string of the molecule is C1CCC2C(C1)CC(C1CCC(N(C3CCC(C4CCCC5C6CCC7SC8CCCCC8C7C6OC45)CC3)C3CCC4C(C3)SC3CCCCC34)CC1)C1CCCCC21. The van der Waals surface area contributed by atoms with Crippen LogP contribution in [0.1, 0.15) is 212 Å². The van der Waals surface area contributed by atoms with Gasteiger partial charge in [0, 0.05) is 45.0 Å². The maximum Gasteiger partial charge on any atom is 0.0652 e. The second kappa shape index (κ2) is 17.4. The van der Waals surface area contributed by atoms with E-state index < -0.39 is 0 Å². The highest BCUT2D eigenvalue weighted by atomic mass is 32.2. The molecule has 336 valence electrons. The van der Waals surface area contributed by atoms with Gasteiger partial charge in [0.25, 0.3) is 0 Å². The molecule has 4 heteroatoms. The smallest absolute Gasteiger partial charge is 0.0652 e. The largest absolute Gasteiger partial charge is 0.374 e. The van der Waals surface area contributed by atoms with Gasteiger partial charge in [-0.1, -0.05) is 64.2 Å². The van der Waals surface area contributed by atoms with Gasteiger partial charge >= 0.3 is 0 Å². The number of hydrogen-bond donors (Lipinski definition) is 0. The summed E-state index contributed by atoms with van der Waals surface area (Å²) in [5.41, 5.74) is 0. The Labute approximate surface area is 377 Å². The summed E-state index contributed by atoms with van der Waals surface area (Å²) in [6.07, 6.45) is 52.4. The summed E-state index contributed by atoms with van der Waals surface area (Å²) in [6.45, 7) is 0. The van der Waals surface area contributed by atoms with Gasteiger partial charge in [0.2, 0.25) is 0 Å². The number of hydrogen-bond acceptors (Lipinski definition) is 4. The van der Waals surface area contributed by atoms with Gasteiger partial charge in [-0.2, -0.15) is 23.5 Å². The maximum atomic E-state index is 7.64. The molecule has 0 aromatic heterocycles. The van der Waals surface area contributed by atoms with Gasteiger partial charge in [0.1, 0.15) is 0 Å². The number of rotatable bonds is 5. The fraction of sp³-hybridized carbons (Fsp3) is 1.00. The van der Waals surface area contributed by atoms with E-state index in [1.165, 1.54) is 96.3 Å². The molecule has 10 aliphatic carbocycles. The lowest BCUT2D eigenvalue weighted by molar-refractivity contribution is -0.0785. The first-order chi connectivity index (χ1) is 29.7. The van der Waals surface area contributed by atoms with Crippen molar-refractivity contribution in [2.24, 2.45) is 82.9 Å². The van der Waals surface area contributed by atoms with Crippen molar-refractivity contribution in [2.45, 2.75) is 263 Å². The minimum absolute atomic E-state index is 0.624. The van der Waals surface area contributed by atoms with Crippen LogP contribution in [-0.2, 0) is 4.74 Å². The quantitative estimate of drug-likeness (QED) is 0.273. The molecule has 2 nitrogen and oxygen atoms in total. The third-order valence-electron chi connectivity index (χ3n) is 23.3. The Hall–Kier alpha value is 0.620. The lowest BCUT2D eigenvalue weighted by Crippen LogP contribution is -2.55. The molecule has 0 N–H and O–H groups in total. The van der Waals surface area contributed by atoms with Gasteiger partial charge in [-0.3, -0.25) is 4.90 Å². The van der Waals surface area contributed by atoms with Crippen molar-refractivity contribution in [1.82, 2.24) is 4.90 Å². The fourth-order valence-corrected chi connectivity index (χ4v) is 25.3. The van der Waals surface area contributed by atoms with Crippen LogP contribution in [-0.4, -0.2) is 56.2 Å². The van der Waals surface area contributed by atoms with Crippen LogP contribution in [0, 0.1) is 82.9 Å². The van der Waals surface area contributed by atoms with E-state index in [1.807, 2.05) is 0 Å². The average Bonchev–Trinajstić information content (AvgIpc) is 4.00. The Morgan fingerprint density at radius 1 is 0.283 bits per heavy atom. The Morgan fingerprint density at radius 3 is 1.57 bits per heavy atom. The highest BCUT2D eigenvalue weighted by molar-refractivity contribution is 8.01. The molecule has 10 saturated carbocycles. The number of thioether (sulfide) groups is 2. The fourth-order valence-electron chi connectivity index (χ4n) is 21.1. The van der Waals surface area contributed by atoms with Crippen molar-refractivity contribution in [2.75, 3.05) is 0 Å². The zero-order valence-electron chi connectivity index (χ0n) is 38.3. The molecular weight excluding hydrogens is 767 g/mol. The van der Waals surface area contributed by atoms with Gasteiger partial charge in [-0.05, 0) is 225 Å². The Morgan fingerprint density at radius 2 is 0.800 bits per heavy atom. The van der Waals surface area contributed by atoms with Crippen molar-refractivity contribution >= 4 is 23.5 Å². The maximum absolute atomic E-state index is 7.64. The number of fused-ring (bicyclic) bond motifs is 13. The van der Waals surface area contributed by atoms with E-state index in [-0.39, 0.29) is 0 Å². The van der Waals surface area contributed by atoms with Crippen molar-refractivity contribution in [3.05, 3.63) is 0 Å². The van der Waals surface area contributed by atoms with Crippen LogP contribution in [0.2, 0.25) is 0 Å². The highest BCUT2D eigenvalue weighted by Gasteiger charge is 2.60. The molecule has 19 atom stereocenters.